The van der Waals surface area contributed by atoms with E-state index in [-0.39, 0.29) is 17.7 Å². The van der Waals surface area contributed by atoms with Crippen LogP contribution in [0.1, 0.15) is 56.9 Å². The van der Waals surface area contributed by atoms with Crippen LogP contribution in [-0.2, 0) is 19.9 Å². The standard InChI is InChI=1S/C19H24O4/c1-21-15-10-8-14(9-11-15)19(18(23-19)12-4-5-13-18)17(20)22-16-6-2-3-7-16/h8-11,16H,2-7,12-13H2,1H3. The van der Waals surface area contributed by atoms with Crippen molar-refractivity contribution in [3.63, 3.8) is 0 Å². The highest BCUT2D eigenvalue weighted by molar-refractivity contribution is 5.87. The van der Waals surface area contributed by atoms with Crippen LogP contribution in [0.3, 0.4) is 0 Å². The van der Waals surface area contributed by atoms with Gasteiger partial charge in [0.05, 0.1) is 7.11 Å². The van der Waals surface area contributed by atoms with Gasteiger partial charge in [0.2, 0.25) is 5.60 Å². The van der Waals surface area contributed by atoms with Gasteiger partial charge in [-0.25, -0.2) is 4.79 Å². The van der Waals surface area contributed by atoms with E-state index in [0.717, 1.165) is 62.7 Å². The molecule has 1 heterocycles. The van der Waals surface area contributed by atoms with Crippen LogP contribution >= 0.6 is 0 Å². The molecule has 4 rings (SSSR count). The van der Waals surface area contributed by atoms with Gasteiger partial charge in [0.1, 0.15) is 17.5 Å². The molecule has 23 heavy (non-hydrogen) atoms. The summed E-state index contributed by atoms with van der Waals surface area (Å²) in [6.07, 6.45) is 8.47. The highest BCUT2D eigenvalue weighted by Gasteiger charge is 2.76. The average molecular weight is 316 g/mol. The molecule has 4 nitrogen and oxygen atoms in total. The van der Waals surface area contributed by atoms with Crippen LogP contribution < -0.4 is 4.74 Å². The number of epoxide rings is 1. The number of hydrogen-bond acceptors (Lipinski definition) is 4. The molecule has 1 unspecified atom stereocenters. The summed E-state index contributed by atoms with van der Waals surface area (Å²) in [5.41, 5.74) is -0.321. The molecule has 2 saturated carbocycles. The van der Waals surface area contributed by atoms with Gasteiger partial charge in [-0.05, 0) is 56.2 Å². The van der Waals surface area contributed by atoms with Crippen molar-refractivity contribution in [3.05, 3.63) is 29.8 Å². The van der Waals surface area contributed by atoms with Crippen molar-refractivity contribution in [2.45, 2.75) is 68.7 Å². The zero-order valence-corrected chi connectivity index (χ0v) is 13.7. The Bertz CT molecular complexity index is 582. The lowest BCUT2D eigenvalue weighted by Crippen LogP contribution is -2.34. The summed E-state index contributed by atoms with van der Waals surface area (Å²) >= 11 is 0. The molecule has 1 aliphatic heterocycles. The summed E-state index contributed by atoms with van der Waals surface area (Å²) < 4.78 is 17.2. The smallest absolute Gasteiger partial charge is 0.346 e. The van der Waals surface area contributed by atoms with Crippen LogP contribution in [0.15, 0.2) is 24.3 Å². The quantitative estimate of drug-likeness (QED) is 0.627. The van der Waals surface area contributed by atoms with Crippen molar-refractivity contribution in [2.75, 3.05) is 7.11 Å². The Kier molecular flexibility index (Phi) is 3.60. The van der Waals surface area contributed by atoms with Gasteiger partial charge in [-0.1, -0.05) is 25.0 Å². The average Bonchev–Trinajstić information content (AvgIpc) is 2.93. The molecule has 0 aromatic heterocycles. The minimum Gasteiger partial charge on any atom is -0.497 e. The first kappa shape index (κ1) is 15.0. The molecule has 0 bridgehead atoms. The molecule has 4 heteroatoms. The minimum atomic E-state index is -0.891. The fourth-order valence-electron chi connectivity index (χ4n) is 4.40. The number of carbonyl (C=O) groups excluding carboxylic acids is 1. The first-order valence-electron chi connectivity index (χ1n) is 8.76. The summed E-state index contributed by atoms with van der Waals surface area (Å²) in [6.45, 7) is 0. The lowest BCUT2D eigenvalue weighted by Gasteiger charge is -2.19. The lowest BCUT2D eigenvalue weighted by molar-refractivity contribution is -0.155. The van der Waals surface area contributed by atoms with Gasteiger partial charge >= 0.3 is 5.97 Å². The summed E-state index contributed by atoms with van der Waals surface area (Å²) in [6, 6.07) is 7.68. The van der Waals surface area contributed by atoms with Gasteiger partial charge in [-0.3, -0.25) is 0 Å². The van der Waals surface area contributed by atoms with E-state index in [4.69, 9.17) is 14.2 Å². The molecule has 1 aromatic rings. The molecule has 1 saturated heterocycles. The second-order valence-electron chi connectivity index (χ2n) is 7.02. The van der Waals surface area contributed by atoms with Crippen LogP contribution in [0, 0.1) is 0 Å². The molecule has 124 valence electrons. The van der Waals surface area contributed by atoms with Crippen LogP contribution in [0.5, 0.6) is 5.75 Å². The molecule has 1 aromatic carbocycles. The number of ether oxygens (including phenoxy) is 3. The molecule has 0 radical (unpaired) electrons. The van der Waals surface area contributed by atoms with Crippen LogP contribution in [0.2, 0.25) is 0 Å². The van der Waals surface area contributed by atoms with Gasteiger partial charge in [-0.15, -0.1) is 0 Å². The van der Waals surface area contributed by atoms with Gasteiger partial charge in [0.15, 0.2) is 0 Å². The third kappa shape index (κ3) is 2.26. The van der Waals surface area contributed by atoms with Gasteiger partial charge in [0, 0.05) is 0 Å². The Morgan fingerprint density at radius 2 is 1.74 bits per heavy atom. The van der Waals surface area contributed by atoms with Crippen molar-refractivity contribution in [1.82, 2.24) is 0 Å². The van der Waals surface area contributed by atoms with Crippen LogP contribution in [0.4, 0.5) is 0 Å². The highest BCUT2D eigenvalue weighted by atomic mass is 16.7. The number of esters is 1. The van der Waals surface area contributed by atoms with E-state index in [0.29, 0.717) is 0 Å². The molecule has 3 fully saturated rings. The van der Waals surface area contributed by atoms with E-state index in [1.54, 1.807) is 7.11 Å². The van der Waals surface area contributed by atoms with E-state index in [9.17, 15) is 4.79 Å². The number of carbonyl (C=O) groups is 1. The monoisotopic (exact) mass is 316 g/mol. The maximum atomic E-state index is 13.0. The Hall–Kier alpha value is -1.55. The zero-order valence-electron chi connectivity index (χ0n) is 13.7. The maximum absolute atomic E-state index is 13.0. The lowest BCUT2D eigenvalue weighted by atomic mass is 9.85. The van der Waals surface area contributed by atoms with Gasteiger partial charge < -0.3 is 14.2 Å². The Morgan fingerprint density at radius 3 is 2.35 bits per heavy atom. The van der Waals surface area contributed by atoms with Crippen LogP contribution in [-0.4, -0.2) is 24.8 Å². The summed E-state index contributed by atoms with van der Waals surface area (Å²) in [5, 5.41) is 0. The number of benzene rings is 1. The van der Waals surface area contributed by atoms with Crippen molar-refractivity contribution < 1.29 is 19.0 Å². The molecular weight excluding hydrogens is 292 g/mol. The fourth-order valence-corrected chi connectivity index (χ4v) is 4.40. The van der Waals surface area contributed by atoms with Gasteiger partial charge in [0.25, 0.3) is 0 Å². The van der Waals surface area contributed by atoms with E-state index in [2.05, 4.69) is 0 Å². The molecule has 1 spiro atoms. The third-order valence-corrected chi connectivity index (χ3v) is 5.72. The van der Waals surface area contributed by atoms with E-state index >= 15 is 0 Å². The highest BCUT2D eigenvalue weighted by Crippen LogP contribution is 2.64. The predicted molar refractivity (Wildman–Crippen MR) is 85.3 cm³/mol. The minimum absolute atomic E-state index is 0.0697. The first-order chi connectivity index (χ1) is 11.2. The molecule has 0 N–H and O–H groups in total. The molecule has 3 aliphatic rings. The summed E-state index contributed by atoms with van der Waals surface area (Å²) in [4.78, 5) is 13.0. The third-order valence-electron chi connectivity index (χ3n) is 5.72. The van der Waals surface area contributed by atoms with Crippen molar-refractivity contribution in [2.24, 2.45) is 0 Å². The molecule has 0 amide bonds. The van der Waals surface area contributed by atoms with E-state index < -0.39 is 5.60 Å². The zero-order chi connectivity index (χ0) is 15.9. The molecule has 1 atom stereocenters. The Balaban J connectivity index is 1.63. The second-order valence-corrected chi connectivity index (χ2v) is 7.02. The van der Waals surface area contributed by atoms with Crippen LogP contribution in [0.25, 0.3) is 0 Å². The molecule has 2 aliphatic carbocycles. The predicted octanol–water partition coefficient (Wildman–Crippen LogP) is 3.72. The van der Waals surface area contributed by atoms with Crippen molar-refractivity contribution >= 4 is 5.97 Å². The largest absolute Gasteiger partial charge is 0.497 e. The number of rotatable bonds is 4. The first-order valence-corrected chi connectivity index (χ1v) is 8.76. The van der Waals surface area contributed by atoms with Crippen molar-refractivity contribution in [1.29, 1.82) is 0 Å². The Morgan fingerprint density at radius 1 is 1.09 bits per heavy atom. The summed E-state index contributed by atoms with van der Waals surface area (Å²) in [5.74, 6) is 0.602. The Labute approximate surface area is 137 Å². The van der Waals surface area contributed by atoms with E-state index in [1.807, 2.05) is 24.3 Å². The second kappa shape index (κ2) is 5.52. The van der Waals surface area contributed by atoms with Crippen molar-refractivity contribution in [3.8, 4) is 5.75 Å². The summed E-state index contributed by atoms with van der Waals surface area (Å²) in [7, 11) is 1.64. The number of hydrogen-bond donors (Lipinski definition) is 0. The fraction of sp³-hybridized carbons (Fsp3) is 0.632. The van der Waals surface area contributed by atoms with Gasteiger partial charge in [-0.2, -0.15) is 0 Å². The SMILES string of the molecule is COc1ccc(C2(C(=O)OC3CCCC3)OC23CCCC3)cc1. The topological polar surface area (TPSA) is 48.1 Å². The maximum Gasteiger partial charge on any atom is 0.346 e. The molecular formula is C19H24O4. The number of methoxy groups -OCH3 is 1. The van der Waals surface area contributed by atoms with E-state index in [1.165, 1.54) is 0 Å². The normalized spacial score (nSPS) is 28.9.